The van der Waals surface area contributed by atoms with Crippen LogP contribution in [-0.4, -0.2) is 29.1 Å². The number of hydrogen-bond donors (Lipinski definition) is 3. The van der Waals surface area contributed by atoms with Crippen molar-refractivity contribution in [1.82, 2.24) is 10.7 Å². The van der Waals surface area contributed by atoms with Crippen molar-refractivity contribution < 1.29 is 9.84 Å². The first-order valence-electron chi connectivity index (χ1n) is 7.58. The van der Waals surface area contributed by atoms with Gasteiger partial charge in [0.25, 0.3) is 0 Å². The molecule has 1 aliphatic rings. The van der Waals surface area contributed by atoms with E-state index in [1.807, 2.05) is 6.92 Å². The predicted molar refractivity (Wildman–Crippen MR) is 92.6 cm³/mol. The van der Waals surface area contributed by atoms with Crippen molar-refractivity contribution in [3.05, 3.63) is 23.8 Å². The maximum absolute atomic E-state index is 9.91. The molecule has 3 N–H and O–H groups in total. The molecule has 6 heteroatoms. The fraction of sp³-hybridized carbons (Fsp3) is 0.500. The second-order valence-corrected chi connectivity index (χ2v) is 5.91. The van der Waals surface area contributed by atoms with Gasteiger partial charge in [-0.05, 0) is 50.2 Å². The normalized spacial score (nSPS) is 16.2. The van der Waals surface area contributed by atoms with Gasteiger partial charge in [-0.15, -0.1) is 0 Å². The number of phenolic OH excluding ortho intramolecular Hbond substituents is 1. The van der Waals surface area contributed by atoms with E-state index in [-0.39, 0.29) is 5.75 Å². The van der Waals surface area contributed by atoms with Crippen LogP contribution < -0.4 is 15.5 Å². The molecule has 1 saturated carbocycles. The number of nitrogens with one attached hydrogen (secondary N) is 2. The van der Waals surface area contributed by atoms with Crippen LogP contribution in [0.4, 0.5) is 0 Å². The molecule has 0 bridgehead atoms. The summed E-state index contributed by atoms with van der Waals surface area (Å²) >= 11 is 5.27. The van der Waals surface area contributed by atoms with Crippen molar-refractivity contribution in [1.29, 1.82) is 0 Å². The van der Waals surface area contributed by atoms with Crippen LogP contribution in [-0.2, 0) is 0 Å². The van der Waals surface area contributed by atoms with E-state index in [9.17, 15) is 5.11 Å². The van der Waals surface area contributed by atoms with Crippen molar-refractivity contribution in [2.45, 2.75) is 45.1 Å². The van der Waals surface area contributed by atoms with E-state index in [0.717, 1.165) is 12.8 Å². The van der Waals surface area contributed by atoms with Crippen LogP contribution in [0.5, 0.6) is 11.5 Å². The van der Waals surface area contributed by atoms with E-state index in [1.165, 1.54) is 19.3 Å². The largest absolute Gasteiger partial charge is 0.507 e. The monoisotopic (exact) mass is 321 g/mol. The summed E-state index contributed by atoms with van der Waals surface area (Å²) in [4.78, 5) is 0. The number of thiocarbonyl (C=S) groups is 1. The standard InChI is InChI=1S/C16H23N3O2S/c1-11(14-10-13(21-2)8-9-15(14)20)18-19-16(22)17-12-6-4-3-5-7-12/h8-10,12,20H,3-7H2,1-2H3,(H2,17,19,22)/b18-11+. The number of ether oxygens (including phenoxy) is 1. The molecule has 0 amide bonds. The number of hydrazone groups is 1. The van der Waals surface area contributed by atoms with Gasteiger partial charge in [0.1, 0.15) is 11.5 Å². The topological polar surface area (TPSA) is 65.9 Å². The zero-order chi connectivity index (χ0) is 15.9. The fourth-order valence-electron chi connectivity index (χ4n) is 2.59. The average Bonchev–Trinajstić information content (AvgIpc) is 2.54. The average molecular weight is 321 g/mol. The highest BCUT2D eigenvalue weighted by Crippen LogP contribution is 2.23. The number of aromatic hydroxyl groups is 1. The molecule has 0 saturated heterocycles. The van der Waals surface area contributed by atoms with Crippen LogP contribution in [0.15, 0.2) is 23.3 Å². The minimum absolute atomic E-state index is 0.162. The van der Waals surface area contributed by atoms with Crippen LogP contribution in [0.25, 0.3) is 0 Å². The van der Waals surface area contributed by atoms with Gasteiger partial charge < -0.3 is 15.2 Å². The van der Waals surface area contributed by atoms with Crippen molar-refractivity contribution in [3.63, 3.8) is 0 Å². The lowest BCUT2D eigenvalue weighted by molar-refractivity contribution is 0.412. The highest BCUT2D eigenvalue weighted by atomic mass is 32.1. The van der Waals surface area contributed by atoms with E-state index in [2.05, 4.69) is 15.8 Å². The number of nitrogens with zero attached hydrogens (tertiary/aromatic N) is 1. The molecular formula is C16H23N3O2S. The third kappa shape index (κ3) is 4.59. The molecule has 0 heterocycles. The molecule has 0 atom stereocenters. The third-order valence-corrected chi connectivity index (χ3v) is 4.07. The Morgan fingerprint density at radius 1 is 1.32 bits per heavy atom. The third-order valence-electron chi connectivity index (χ3n) is 3.86. The summed E-state index contributed by atoms with van der Waals surface area (Å²) in [6.07, 6.45) is 6.12. The summed E-state index contributed by atoms with van der Waals surface area (Å²) in [5.41, 5.74) is 4.11. The molecule has 1 aliphatic carbocycles. The number of rotatable bonds is 4. The molecule has 0 spiro atoms. The minimum atomic E-state index is 0.162. The predicted octanol–water partition coefficient (Wildman–Crippen LogP) is 2.92. The van der Waals surface area contributed by atoms with Gasteiger partial charge in [-0.25, -0.2) is 0 Å². The molecule has 2 rings (SSSR count). The lowest BCUT2D eigenvalue weighted by Crippen LogP contribution is -2.41. The molecule has 5 nitrogen and oxygen atoms in total. The van der Waals surface area contributed by atoms with Gasteiger partial charge >= 0.3 is 0 Å². The first kappa shape index (κ1) is 16.5. The zero-order valence-electron chi connectivity index (χ0n) is 13.1. The highest BCUT2D eigenvalue weighted by Gasteiger charge is 2.14. The van der Waals surface area contributed by atoms with Crippen LogP contribution >= 0.6 is 12.2 Å². The summed E-state index contributed by atoms with van der Waals surface area (Å²) < 4.78 is 5.16. The number of benzene rings is 1. The molecule has 0 unspecified atom stereocenters. The van der Waals surface area contributed by atoms with Crippen molar-refractivity contribution in [2.75, 3.05) is 7.11 Å². The molecule has 1 aromatic rings. The fourth-order valence-corrected chi connectivity index (χ4v) is 2.80. The smallest absolute Gasteiger partial charge is 0.187 e. The maximum atomic E-state index is 9.91. The molecule has 0 aromatic heterocycles. The molecule has 120 valence electrons. The Morgan fingerprint density at radius 3 is 2.73 bits per heavy atom. The number of hydrogen-bond acceptors (Lipinski definition) is 4. The molecule has 1 fully saturated rings. The Hall–Kier alpha value is -1.82. The number of methoxy groups -OCH3 is 1. The maximum Gasteiger partial charge on any atom is 0.187 e. The van der Waals surface area contributed by atoms with Crippen molar-refractivity contribution in [2.24, 2.45) is 5.10 Å². The summed E-state index contributed by atoms with van der Waals surface area (Å²) in [6.45, 7) is 1.81. The summed E-state index contributed by atoms with van der Waals surface area (Å²) in [5.74, 6) is 0.834. The molecule has 1 aromatic carbocycles. The van der Waals surface area contributed by atoms with Gasteiger partial charge in [-0.1, -0.05) is 19.3 Å². The second-order valence-electron chi connectivity index (χ2n) is 5.50. The van der Waals surface area contributed by atoms with Crippen molar-refractivity contribution in [3.8, 4) is 11.5 Å². The Kier molecular flexibility index (Phi) is 6.00. The SMILES string of the molecule is COc1ccc(O)c(/C(C)=N/NC(=S)NC2CCCCC2)c1. The van der Waals surface area contributed by atoms with Gasteiger partial charge in [0.15, 0.2) is 5.11 Å². The van der Waals surface area contributed by atoms with E-state index in [4.69, 9.17) is 17.0 Å². The Morgan fingerprint density at radius 2 is 2.05 bits per heavy atom. The first-order valence-corrected chi connectivity index (χ1v) is 7.99. The Bertz CT molecular complexity index is 554. The Balaban J connectivity index is 1.95. The summed E-state index contributed by atoms with van der Waals surface area (Å²) in [6, 6.07) is 5.48. The van der Waals surface area contributed by atoms with E-state index < -0.39 is 0 Å². The van der Waals surface area contributed by atoms with Crippen LogP contribution in [0, 0.1) is 0 Å². The minimum Gasteiger partial charge on any atom is -0.507 e. The molecule has 0 aliphatic heterocycles. The van der Waals surface area contributed by atoms with Crippen LogP contribution in [0.2, 0.25) is 0 Å². The van der Waals surface area contributed by atoms with Gasteiger partial charge in [-0.2, -0.15) is 5.10 Å². The van der Waals surface area contributed by atoms with Crippen LogP contribution in [0.3, 0.4) is 0 Å². The lowest BCUT2D eigenvalue weighted by atomic mass is 9.96. The van der Waals surface area contributed by atoms with Crippen molar-refractivity contribution >= 4 is 23.0 Å². The van der Waals surface area contributed by atoms with Gasteiger partial charge in [0.2, 0.25) is 0 Å². The lowest BCUT2D eigenvalue weighted by Gasteiger charge is -2.23. The van der Waals surface area contributed by atoms with E-state index >= 15 is 0 Å². The first-order chi connectivity index (χ1) is 10.6. The quantitative estimate of drug-likeness (QED) is 0.452. The van der Waals surface area contributed by atoms with Gasteiger partial charge in [0.05, 0.1) is 12.8 Å². The summed E-state index contributed by atoms with van der Waals surface area (Å²) in [5, 5.41) is 18.0. The molecule has 22 heavy (non-hydrogen) atoms. The summed E-state index contributed by atoms with van der Waals surface area (Å²) in [7, 11) is 1.59. The number of phenols is 1. The zero-order valence-corrected chi connectivity index (χ0v) is 13.9. The van der Waals surface area contributed by atoms with Gasteiger partial charge in [0, 0.05) is 11.6 Å². The van der Waals surface area contributed by atoms with Gasteiger partial charge in [-0.3, -0.25) is 5.43 Å². The van der Waals surface area contributed by atoms with E-state index in [1.54, 1.807) is 25.3 Å². The second kappa shape index (κ2) is 7.98. The molecule has 0 radical (unpaired) electrons. The Labute approximate surface area is 136 Å². The van der Waals surface area contributed by atoms with E-state index in [0.29, 0.717) is 28.2 Å². The molecular weight excluding hydrogens is 298 g/mol. The highest BCUT2D eigenvalue weighted by molar-refractivity contribution is 7.80. The van der Waals surface area contributed by atoms with Crippen LogP contribution in [0.1, 0.15) is 44.6 Å².